The van der Waals surface area contributed by atoms with Crippen LogP contribution in [0.4, 0.5) is 5.69 Å². The molecular formula is C21H17Cl2N5O. The van der Waals surface area contributed by atoms with Crippen molar-refractivity contribution < 1.29 is 4.79 Å². The quantitative estimate of drug-likeness (QED) is 0.486. The van der Waals surface area contributed by atoms with Crippen LogP contribution in [-0.4, -0.2) is 25.7 Å². The predicted molar refractivity (Wildman–Crippen MR) is 115 cm³/mol. The Kier molecular flexibility index (Phi) is 5.22. The van der Waals surface area contributed by atoms with Crippen molar-refractivity contribution in [3.63, 3.8) is 0 Å². The molecule has 1 N–H and O–H groups in total. The van der Waals surface area contributed by atoms with Crippen molar-refractivity contribution in [2.24, 2.45) is 0 Å². The van der Waals surface area contributed by atoms with Gasteiger partial charge in [-0.3, -0.25) is 4.79 Å². The number of halogens is 2. The zero-order chi connectivity index (χ0) is 20.5. The molecule has 0 fully saturated rings. The van der Waals surface area contributed by atoms with E-state index in [1.807, 2.05) is 31.2 Å². The summed E-state index contributed by atoms with van der Waals surface area (Å²) in [6, 6.07) is 14.4. The van der Waals surface area contributed by atoms with Gasteiger partial charge < -0.3 is 5.32 Å². The molecule has 0 unspecified atom stereocenters. The van der Waals surface area contributed by atoms with Crippen LogP contribution in [-0.2, 0) is 6.42 Å². The normalized spacial score (nSPS) is 11.0. The monoisotopic (exact) mass is 425 g/mol. The number of nitrogens with zero attached hydrogens (tertiary/aromatic N) is 4. The molecule has 0 aliphatic rings. The van der Waals surface area contributed by atoms with Crippen molar-refractivity contribution in [1.82, 2.24) is 19.8 Å². The van der Waals surface area contributed by atoms with E-state index < -0.39 is 0 Å². The van der Waals surface area contributed by atoms with Crippen LogP contribution in [0.3, 0.4) is 0 Å². The van der Waals surface area contributed by atoms with Crippen LogP contribution in [0.1, 0.15) is 28.8 Å². The van der Waals surface area contributed by atoms with Gasteiger partial charge in [-0.15, -0.1) is 10.2 Å². The Morgan fingerprint density at radius 2 is 1.79 bits per heavy atom. The molecule has 8 heteroatoms. The number of hydrogen-bond donors (Lipinski definition) is 1. The van der Waals surface area contributed by atoms with E-state index in [0.29, 0.717) is 33.5 Å². The van der Waals surface area contributed by atoms with Gasteiger partial charge >= 0.3 is 0 Å². The minimum Gasteiger partial charge on any atom is -0.320 e. The summed E-state index contributed by atoms with van der Waals surface area (Å²) >= 11 is 12.2. The van der Waals surface area contributed by atoms with E-state index in [4.69, 9.17) is 23.2 Å². The van der Waals surface area contributed by atoms with Crippen LogP contribution in [0.15, 0.2) is 48.5 Å². The van der Waals surface area contributed by atoms with E-state index in [9.17, 15) is 4.79 Å². The fourth-order valence-corrected chi connectivity index (χ4v) is 3.58. The highest BCUT2D eigenvalue weighted by Crippen LogP contribution is 2.30. The second-order valence-corrected chi connectivity index (χ2v) is 7.39. The third kappa shape index (κ3) is 3.69. The second kappa shape index (κ2) is 7.81. The lowest BCUT2D eigenvalue weighted by Crippen LogP contribution is -2.18. The highest BCUT2D eigenvalue weighted by molar-refractivity contribution is 6.31. The Hall–Kier alpha value is -2.96. The van der Waals surface area contributed by atoms with Gasteiger partial charge in [-0.05, 0) is 49.2 Å². The molecule has 0 saturated heterocycles. The first-order chi connectivity index (χ1) is 14.0. The fraction of sp³-hybridized carbons (Fsp3) is 0.143. The maximum Gasteiger partial charge on any atom is 0.278 e. The molecule has 0 aliphatic carbocycles. The molecule has 2 aromatic carbocycles. The average molecular weight is 426 g/mol. The number of aryl methyl sites for hydroxylation is 2. The molecule has 6 nitrogen and oxygen atoms in total. The molecule has 0 saturated carbocycles. The lowest BCUT2D eigenvalue weighted by atomic mass is 10.0. The Morgan fingerprint density at radius 1 is 1.07 bits per heavy atom. The van der Waals surface area contributed by atoms with Crippen molar-refractivity contribution in [2.45, 2.75) is 20.3 Å². The first-order valence-corrected chi connectivity index (χ1v) is 9.81. The topological polar surface area (TPSA) is 72.2 Å². The number of nitrogens with one attached hydrogen (secondary N) is 1. The minimum atomic E-state index is -0.378. The van der Waals surface area contributed by atoms with Crippen LogP contribution in [0, 0.1) is 6.92 Å². The minimum absolute atomic E-state index is 0.195. The Bertz CT molecular complexity index is 1240. The van der Waals surface area contributed by atoms with Crippen molar-refractivity contribution >= 4 is 40.4 Å². The highest BCUT2D eigenvalue weighted by Gasteiger charge is 2.21. The SMILES string of the molecule is CCc1nn2c(C)c(C(=O)Nc3cccc(Cl)c3)nnc2c1-c1cccc(Cl)c1. The summed E-state index contributed by atoms with van der Waals surface area (Å²) in [6.07, 6.45) is 0.703. The number of anilines is 1. The molecule has 146 valence electrons. The van der Waals surface area contributed by atoms with E-state index in [1.165, 1.54) is 0 Å². The third-order valence-electron chi connectivity index (χ3n) is 4.58. The lowest BCUT2D eigenvalue weighted by Gasteiger charge is -2.08. The summed E-state index contributed by atoms with van der Waals surface area (Å²) in [5.41, 5.74) is 4.59. The number of aromatic nitrogens is 4. The van der Waals surface area contributed by atoms with Crippen LogP contribution in [0.2, 0.25) is 10.0 Å². The first-order valence-electron chi connectivity index (χ1n) is 9.05. The van der Waals surface area contributed by atoms with Gasteiger partial charge in [0.2, 0.25) is 0 Å². The molecule has 0 radical (unpaired) electrons. The van der Waals surface area contributed by atoms with Gasteiger partial charge in [-0.1, -0.05) is 48.3 Å². The number of benzene rings is 2. The molecule has 4 rings (SSSR count). The maximum absolute atomic E-state index is 12.8. The summed E-state index contributed by atoms with van der Waals surface area (Å²) < 4.78 is 1.66. The summed E-state index contributed by atoms with van der Waals surface area (Å²) in [5, 5.41) is 17.1. The summed E-state index contributed by atoms with van der Waals surface area (Å²) in [6.45, 7) is 3.81. The van der Waals surface area contributed by atoms with Crippen LogP contribution in [0.25, 0.3) is 16.8 Å². The van der Waals surface area contributed by atoms with Gasteiger partial charge in [0.05, 0.1) is 17.0 Å². The molecule has 0 bridgehead atoms. The van der Waals surface area contributed by atoms with Gasteiger partial charge in [0.25, 0.3) is 5.91 Å². The molecule has 2 heterocycles. The molecule has 29 heavy (non-hydrogen) atoms. The Labute approximate surface area is 177 Å². The number of fused-ring (bicyclic) bond motifs is 1. The Balaban J connectivity index is 1.79. The van der Waals surface area contributed by atoms with E-state index >= 15 is 0 Å². The van der Waals surface area contributed by atoms with Crippen molar-refractivity contribution in [3.05, 3.63) is 75.7 Å². The van der Waals surface area contributed by atoms with Gasteiger partial charge in [0, 0.05) is 15.7 Å². The Morgan fingerprint density at radius 3 is 2.48 bits per heavy atom. The lowest BCUT2D eigenvalue weighted by molar-refractivity contribution is 0.102. The van der Waals surface area contributed by atoms with E-state index in [1.54, 1.807) is 35.7 Å². The van der Waals surface area contributed by atoms with Crippen LogP contribution >= 0.6 is 23.2 Å². The van der Waals surface area contributed by atoms with Crippen molar-refractivity contribution in [1.29, 1.82) is 0 Å². The molecular weight excluding hydrogens is 409 g/mol. The standard InChI is InChI=1S/C21H17Cl2N5O/c1-3-17-18(13-6-4-7-14(22)10-13)20-26-25-19(12(2)28(20)27-17)21(29)24-16-9-5-8-15(23)11-16/h4-11H,3H2,1-2H3,(H,24,29). The largest absolute Gasteiger partial charge is 0.320 e. The number of hydrogen-bond acceptors (Lipinski definition) is 4. The number of carbonyl (C=O) groups is 1. The van der Waals surface area contributed by atoms with Crippen LogP contribution in [0.5, 0.6) is 0 Å². The average Bonchev–Trinajstić information content (AvgIpc) is 3.08. The molecule has 1 amide bonds. The third-order valence-corrected chi connectivity index (χ3v) is 5.05. The first kappa shape index (κ1) is 19.4. The zero-order valence-corrected chi connectivity index (χ0v) is 17.3. The fourth-order valence-electron chi connectivity index (χ4n) is 3.20. The molecule has 4 aromatic rings. The van der Waals surface area contributed by atoms with Gasteiger partial charge in [0.1, 0.15) is 0 Å². The highest BCUT2D eigenvalue weighted by atomic mass is 35.5. The zero-order valence-electron chi connectivity index (χ0n) is 15.8. The van der Waals surface area contributed by atoms with Crippen molar-refractivity contribution in [3.8, 4) is 11.1 Å². The van der Waals surface area contributed by atoms with E-state index in [-0.39, 0.29) is 11.6 Å². The summed E-state index contributed by atoms with van der Waals surface area (Å²) in [5.74, 6) is -0.378. The second-order valence-electron chi connectivity index (χ2n) is 6.52. The molecule has 0 spiro atoms. The van der Waals surface area contributed by atoms with Gasteiger partial charge in [-0.2, -0.15) is 5.10 Å². The molecule has 2 aromatic heterocycles. The predicted octanol–water partition coefficient (Wildman–Crippen LogP) is 5.22. The summed E-state index contributed by atoms with van der Waals surface area (Å²) in [7, 11) is 0. The van der Waals surface area contributed by atoms with Gasteiger partial charge in [0.15, 0.2) is 11.3 Å². The smallest absolute Gasteiger partial charge is 0.278 e. The maximum atomic E-state index is 12.8. The molecule has 0 aliphatic heterocycles. The molecule has 0 atom stereocenters. The number of rotatable bonds is 4. The van der Waals surface area contributed by atoms with Gasteiger partial charge in [-0.25, -0.2) is 4.52 Å². The van der Waals surface area contributed by atoms with E-state index in [0.717, 1.165) is 16.8 Å². The van der Waals surface area contributed by atoms with Crippen molar-refractivity contribution in [2.75, 3.05) is 5.32 Å². The summed E-state index contributed by atoms with van der Waals surface area (Å²) in [4.78, 5) is 12.8. The van der Waals surface area contributed by atoms with E-state index in [2.05, 4.69) is 20.6 Å². The number of amides is 1. The van der Waals surface area contributed by atoms with Crippen LogP contribution < -0.4 is 5.32 Å². The number of carbonyl (C=O) groups excluding carboxylic acids is 1.